The van der Waals surface area contributed by atoms with Crippen molar-refractivity contribution >= 4 is 21.7 Å². The van der Waals surface area contributed by atoms with Crippen LogP contribution in [0.2, 0.25) is 0 Å². The van der Waals surface area contributed by atoms with Crippen LogP contribution >= 0.6 is 0 Å². The van der Waals surface area contributed by atoms with E-state index >= 15 is 0 Å². The summed E-state index contributed by atoms with van der Waals surface area (Å²) in [5.74, 6) is -1.14. The van der Waals surface area contributed by atoms with Crippen molar-refractivity contribution in [3.05, 3.63) is 101 Å². The van der Waals surface area contributed by atoms with Gasteiger partial charge in [0, 0.05) is 18.0 Å². The van der Waals surface area contributed by atoms with Crippen LogP contribution in [0.5, 0.6) is 0 Å². The summed E-state index contributed by atoms with van der Waals surface area (Å²) >= 11 is 0. The van der Waals surface area contributed by atoms with Crippen LogP contribution in [-0.4, -0.2) is 32.2 Å². The lowest BCUT2D eigenvalue weighted by atomic mass is 9.97. The predicted molar refractivity (Wildman–Crippen MR) is 126 cm³/mol. The van der Waals surface area contributed by atoms with Crippen LogP contribution in [0.3, 0.4) is 0 Å². The molecule has 1 amide bonds. The first-order valence-corrected chi connectivity index (χ1v) is 12.5. The van der Waals surface area contributed by atoms with Crippen molar-refractivity contribution in [2.24, 2.45) is 0 Å². The Balaban J connectivity index is 1.48. The lowest BCUT2D eigenvalue weighted by molar-refractivity contribution is -0.120. The number of hydrogen-bond donors (Lipinski definition) is 2. The van der Waals surface area contributed by atoms with Crippen molar-refractivity contribution in [3.63, 3.8) is 0 Å². The molecule has 4 rings (SSSR count). The number of ketones is 1. The summed E-state index contributed by atoms with van der Waals surface area (Å²) in [5.41, 5.74) is 1.78. The second kappa shape index (κ2) is 10.3. The van der Waals surface area contributed by atoms with E-state index in [1.165, 1.54) is 36.4 Å². The fraction of sp³-hybridized carbons (Fsp3) is 0.231. The van der Waals surface area contributed by atoms with E-state index in [1.807, 2.05) is 30.3 Å². The topological polar surface area (TPSA) is 92.3 Å². The first-order valence-electron chi connectivity index (χ1n) is 11.0. The molecule has 0 saturated heterocycles. The zero-order valence-electron chi connectivity index (χ0n) is 18.4. The van der Waals surface area contributed by atoms with Gasteiger partial charge in [0.15, 0.2) is 5.78 Å². The van der Waals surface area contributed by atoms with Crippen LogP contribution in [0.25, 0.3) is 0 Å². The molecule has 3 aromatic rings. The van der Waals surface area contributed by atoms with E-state index in [9.17, 15) is 22.4 Å². The molecule has 0 aliphatic heterocycles. The molecule has 1 atom stereocenters. The zero-order chi connectivity index (χ0) is 24.1. The maximum Gasteiger partial charge on any atom is 0.251 e. The third kappa shape index (κ3) is 6.36. The monoisotopic (exact) mass is 480 g/mol. The number of nitrogens with one attached hydrogen (secondary N) is 2. The van der Waals surface area contributed by atoms with E-state index < -0.39 is 27.8 Å². The Morgan fingerprint density at radius 3 is 2.15 bits per heavy atom. The zero-order valence-corrected chi connectivity index (χ0v) is 19.2. The van der Waals surface area contributed by atoms with Gasteiger partial charge in [0.05, 0.1) is 10.9 Å². The van der Waals surface area contributed by atoms with Gasteiger partial charge >= 0.3 is 0 Å². The second-order valence-electron chi connectivity index (χ2n) is 8.41. The largest absolute Gasteiger partial charge is 0.342 e. The molecular formula is C26H25FN2O4S. The van der Waals surface area contributed by atoms with Crippen LogP contribution in [0, 0.1) is 5.82 Å². The Labute approximate surface area is 198 Å². The van der Waals surface area contributed by atoms with Crippen molar-refractivity contribution in [2.45, 2.75) is 42.7 Å². The van der Waals surface area contributed by atoms with Gasteiger partial charge in [-0.15, -0.1) is 0 Å². The molecule has 2 N–H and O–H groups in total. The minimum atomic E-state index is -3.57. The number of halogens is 1. The normalized spacial score (nSPS) is 14.4. The summed E-state index contributed by atoms with van der Waals surface area (Å²) in [6.07, 6.45) is 2.01. The standard InChI is InChI=1S/C26H25FN2O4S/c27-21-10-8-20(9-11-21)26(31)28-24(16-18-4-2-1-3-5-18)25(30)17-19-6-14-23(15-7-19)34(32,33)29-22-12-13-22/h1-11,14-15,22,24,29H,12-13,16-17H2,(H,28,31)/t24-/m0/s1. The third-order valence-electron chi connectivity index (χ3n) is 5.59. The van der Waals surface area contributed by atoms with Gasteiger partial charge in [-0.2, -0.15) is 0 Å². The van der Waals surface area contributed by atoms with Crippen molar-refractivity contribution in [2.75, 3.05) is 0 Å². The third-order valence-corrected chi connectivity index (χ3v) is 7.13. The van der Waals surface area contributed by atoms with E-state index in [4.69, 9.17) is 0 Å². The molecule has 1 saturated carbocycles. The molecule has 34 heavy (non-hydrogen) atoms. The molecular weight excluding hydrogens is 455 g/mol. The predicted octanol–water partition coefficient (Wildman–Crippen LogP) is 3.42. The number of Topliss-reactive ketones (excluding diaryl/α,β-unsaturated/α-hetero) is 1. The Morgan fingerprint density at radius 2 is 1.53 bits per heavy atom. The molecule has 0 bridgehead atoms. The van der Waals surface area contributed by atoms with Crippen molar-refractivity contribution in [1.29, 1.82) is 0 Å². The molecule has 1 fully saturated rings. The van der Waals surface area contributed by atoms with Crippen LogP contribution < -0.4 is 10.0 Å². The van der Waals surface area contributed by atoms with Gasteiger partial charge < -0.3 is 5.32 Å². The van der Waals surface area contributed by atoms with Crippen molar-refractivity contribution in [1.82, 2.24) is 10.0 Å². The number of carbonyl (C=O) groups is 2. The van der Waals surface area contributed by atoms with E-state index in [0.717, 1.165) is 18.4 Å². The van der Waals surface area contributed by atoms with Crippen LogP contribution in [0.1, 0.15) is 34.3 Å². The fourth-order valence-corrected chi connectivity index (χ4v) is 4.84. The molecule has 0 spiro atoms. The summed E-state index contributed by atoms with van der Waals surface area (Å²) in [6, 6.07) is 19.8. The summed E-state index contributed by atoms with van der Waals surface area (Å²) in [5, 5.41) is 2.77. The first-order chi connectivity index (χ1) is 16.3. The van der Waals surface area contributed by atoms with Gasteiger partial charge in [-0.25, -0.2) is 17.5 Å². The molecule has 0 aromatic heterocycles. The highest BCUT2D eigenvalue weighted by molar-refractivity contribution is 7.89. The number of rotatable bonds is 10. The van der Waals surface area contributed by atoms with E-state index in [2.05, 4.69) is 10.0 Å². The van der Waals surface area contributed by atoms with Gasteiger partial charge in [-0.3, -0.25) is 9.59 Å². The minimum absolute atomic E-state index is 0.00900. The quantitative estimate of drug-likeness (QED) is 0.465. The van der Waals surface area contributed by atoms with Crippen LogP contribution in [0.15, 0.2) is 83.8 Å². The maximum absolute atomic E-state index is 13.2. The van der Waals surface area contributed by atoms with Gasteiger partial charge in [-0.05, 0) is 66.8 Å². The summed E-state index contributed by atoms with van der Waals surface area (Å²) in [4.78, 5) is 26.0. The lowest BCUT2D eigenvalue weighted by Crippen LogP contribution is -2.43. The average molecular weight is 481 g/mol. The summed E-state index contributed by atoms with van der Waals surface area (Å²) in [6.45, 7) is 0. The maximum atomic E-state index is 13.2. The summed E-state index contributed by atoms with van der Waals surface area (Å²) < 4.78 is 40.5. The number of benzene rings is 3. The minimum Gasteiger partial charge on any atom is -0.342 e. The highest BCUT2D eigenvalue weighted by Gasteiger charge is 2.28. The first kappa shape index (κ1) is 23.8. The van der Waals surface area contributed by atoms with Crippen molar-refractivity contribution in [3.8, 4) is 0 Å². The van der Waals surface area contributed by atoms with E-state index in [1.54, 1.807) is 12.1 Å². The lowest BCUT2D eigenvalue weighted by Gasteiger charge is -2.18. The van der Waals surface area contributed by atoms with Gasteiger partial charge in [0.25, 0.3) is 5.91 Å². The molecule has 176 valence electrons. The highest BCUT2D eigenvalue weighted by atomic mass is 32.2. The van der Waals surface area contributed by atoms with Gasteiger partial charge in [0.2, 0.25) is 10.0 Å². The van der Waals surface area contributed by atoms with E-state index in [-0.39, 0.29) is 28.7 Å². The molecule has 3 aromatic carbocycles. The van der Waals surface area contributed by atoms with Gasteiger partial charge in [-0.1, -0.05) is 42.5 Å². The Hall–Kier alpha value is -3.36. The van der Waals surface area contributed by atoms with Gasteiger partial charge in [0.1, 0.15) is 5.82 Å². The Morgan fingerprint density at radius 1 is 0.882 bits per heavy atom. The molecule has 1 aliphatic rings. The second-order valence-corrected chi connectivity index (χ2v) is 10.1. The fourth-order valence-electron chi connectivity index (χ4n) is 3.54. The SMILES string of the molecule is O=C(N[C@@H](Cc1ccccc1)C(=O)Cc1ccc(S(=O)(=O)NC2CC2)cc1)c1ccc(F)cc1. The smallest absolute Gasteiger partial charge is 0.251 e. The molecule has 0 radical (unpaired) electrons. The molecule has 8 heteroatoms. The van der Waals surface area contributed by atoms with Crippen molar-refractivity contribution < 1.29 is 22.4 Å². The summed E-state index contributed by atoms with van der Waals surface area (Å²) in [7, 11) is -3.57. The Kier molecular flexibility index (Phi) is 7.19. The number of carbonyl (C=O) groups excluding carboxylic acids is 2. The highest BCUT2D eigenvalue weighted by Crippen LogP contribution is 2.22. The average Bonchev–Trinajstić information content (AvgIpc) is 3.63. The molecule has 1 aliphatic carbocycles. The number of hydrogen-bond acceptors (Lipinski definition) is 4. The van der Waals surface area contributed by atoms with E-state index in [0.29, 0.717) is 12.0 Å². The number of amides is 1. The Bertz CT molecular complexity index is 1260. The molecule has 6 nitrogen and oxygen atoms in total. The molecule has 0 unspecified atom stereocenters. The number of sulfonamides is 1. The molecule has 0 heterocycles. The van der Waals surface area contributed by atoms with Crippen LogP contribution in [-0.2, 0) is 27.7 Å². The van der Waals surface area contributed by atoms with Crippen LogP contribution in [0.4, 0.5) is 4.39 Å².